The molecule has 0 saturated carbocycles. The summed E-state index contributed by atoms with van der Waals surface area (Å²) >= 11 is 5.50. The molecule has 0 bridgehead atoms. The molecule has 0 aliphatic heterocycles. The molecule has 9 heteroatoms. The highest BCUT2D eigenvalue weighted by Gasteiger charge is 2.34. The molecule has 4 N–H and O–H groups in total. The fourth-order valence-corrected chi connectivity index (χ4v) is 1.37. The molecule has 0 aliphatic rings. The third-order valence-electron chi connectivity index (χ3n) is 2.14. The fraction of sp³-hybridized carbons (Fsp3) is 0.333. The molecule has 100 valence electrons. The molecule has 1 aromatic rings. The van der Waals surface area contributed by atoms with Crippen molar-refractivity contribution in [3.63, 3.8) is 0 Å². The zero-order chi connectivity index (χ0) is 14.1. The summed E-state index contributed by atoms with van der Waals surface area (Å²) in [6.45, 7) is 0. The second-order valence-corrected chi connectivity index (χ2v) is 3.77. The number of carbonyl (C=O) groups is 1. The summed E-state index contributed by atoms with van der Waals surface area (Å²) in [6.07, 6.45) is -6.09. The maximum Gasteiger partial charge on any atom is 0.417 e. The van der Waals surface area contributed by atoms with Crippen molar-refractivity contribution in [2.45, 2.75) is 18.3 Å². The van der Waals surface area contributed by atoms with Crippen LogP contribution in [0.2, 0.25) is 5.15 Å². The van der Waals surface area contributed by atoms with Crippen LogP contribution in [0.15, 0.2) is 12.3 Å². The predicted molar refractivity (Wildman–Crippen MR) is 54.8 cm³/mol. The number of nitrogens with zero attached hydrogens (tertiary/aromatic N) is 1. The van der Waals surface area contributed by atoms with E-state index in [1.807, 2.05) is 0 Å². The molecule has 18 heavy (non-hydrogen) atoms. The molecule has 0 fully saturated rings. The number of aliphatic hydroxyl groups is 1. The number of halogens is 4. The molecule has 0 spiro atoms. The van der Waals surface area contributed by atoms with Crippen LogP contribution in [0.4, 0.5) is 13.2 Å². The van der Waals surface area contributed by atoms with Crippen LogP contribution < -0.4 is 5.73 Å². The highest BCUT2D eigenvalue weighted by Crippen LogP contribution is 2.33. The maximum atomic E-state index is 12.4. The zero-order valence-corrected chi connectivity index (χ0v) is 9.40. The average Bonchev–Trinajstić information content (AvgIpc) is 2.26. The van der Waals surface area contributed by atoms with E-state index in [-0.39, 0.29) is 0 Å². The number of aliphatic hydroxyl groups excluding tert-OH is 1. The minimum Gasteiger partial charge on any atom is -0.480 e. The molecular weight excluding hydrogens is 277 g/mol. The van der Waals surface area contributed by atoms with Crippen molar-refractivity contribution in [1.82, 2.24) is 4.98 Å². The van der Waals surface area contributed by atoms with Crippen LogP contribution in [0.25, 0.3) is 0 Å². The van der Waals surface area contributed by atoms with Gasteiger partial charge in [-0.1, -0.05) is 11.6 Å². The Morgan fingerprint density at radius 2 is 2.06 bits per heavy atom. The SMILES string of the molecule is NC(C(=O)O)C(O)c1cc(C(F)(F)F)cnc1Cl. The summed E-state index contributed by atoms with van der Waals surface area (Å²) in [5, 5.41) is 17.7. The van der Waals surface area contributed by atoms with Gasteiger partial charge in [0.25, 0.3) is 0 Å². The van der Waals surface area contributed by atoms with Gasteiger partial charge >= 0.3 is 12.1 Å². The number of aromatic nitrogens is 1. The Morgan fingerprint density at radius 1 is 1.50 bits per heavy atom. The summed E-state index contributed by atoms with van der Waals surface area (Å²) in [6, 6.07) is -1.28. The van der Waals surface area contributed by atoms with Crippen molar-refractivity contribution in [2.75, 3.05) is 0 Å². The van der Waals surface area contributed by atoms with E-state index in [2.05, 4.69) is 4.98 Å². The molecule has 2 atom stereocenters. The molecule has 2 unspecified atom stereocenters. The molecule has 1 rings (SSSR count). The Bertz CT molecular complexity index is 467. The summed E-state index contributed by atoms with van der Waals surface area (Å²) < 4.78 is 37.2. The molecule has 0 aromatic carbocycles. The van der Waals surface area contributed by atoms with Crippen molar-refractivity contribution in [3.8, 4) is 0 Å². The van der Waals surface area contributed by atoms with Crippen LogP contribution in [0.1, 0.15) is 17.2 Å². The first-order valence-corrected chi connectivity index (χ1v) is 4.91. The van der Waals surface area contributed by atoms with Crippen molar-refractivity contribution >= 4 is 17.6 Å². The number of carboxylic acids is 1. The van der Waals surface area contributed by atoms with Gasteiger partial charge in [0.2, 0.25) is 0 Å². The number of hydrogen-bond acceptors (Lipinski definition) is 4. The molecule has 1 heterocycles. The topological polar surface area (TPSA) is 96.4 Å². The molecule has 0 radical (unpaired) electrons. The third kappa shape index (κ3) is 3.09. The average molecular weight is 285 g/mol. The van der Waals surface area contributed by atoms with Gasteiger partial charge in [0.15, 0.2) is 0 Å². The molecule has 0 saturated heterocycles. The number of rotatable bonds is 3. The fourth-order valence-electron chi connectivity index (χ4n) is 1.16. The van der Waals surface area contributed by atoms with Crippen LogP contribution in [0.5, 0.6) is 0 Å². The van der Waals surface area contributed by atoms with Crippen LogP contribution in [-0.4, -0.2) is 27.2 Å². The highest BCUT2D eigenvalue weighted by molar-refractivity contribution is 6.30. The molecule has 0 amide bonds. The van der Waals surface area contributed by atoms with Gasteiger partial charge in [-0.15, -0.1) is 0 Å². The Kier molecular flexibility index (Phi) is 4.15. The highest BCUT2D eigenvalue weighted by atomic mass is 35.5. The first-order chi connectivity index (χ1) is 8.14. The number of nitrogens with two attached hydrogens (primary N) is 1. The number of carboxylic acid groups (broad SMARTS) is 1. The lowest BCUT2D eigenvalue weighted by Gasteiger charge is -2.17. The largest absolute Gasteiger partial charge is 0.480 e. The molecule has 1 aromatic heterocycles. The number of hydrogen-bond donors (Lipinski definition) is 3. The Balaban J connectivity index is 3.20. The van der Waals surface area contributed by atoms with Gasteiger partial charge < -0.3 is 15.9 Å². The van der Waals surface area contributed by atoms with E-state index in [9.17, 15) is 23.1 Å². The van der Waals surface area contributed by atoms with Crippen LogP contribution in [0.3, 0.4) is 0 Å². The Labute approximate surface area is 104 Å². The minimum absolute atomic E-state index is 0.438. The van der Waals surface area contributed by atoms with Gasteiger partial charge in [-0.05, 0) is 6.07 Å². The number of alkyl halides is 3. The second kappa shape index (κ2) is 5.09. The first-order valence-electron chi connectivity index (χ1n) is 4.53. The van der Waals surface area contributed by atoms with E-state index in [1.165, 1.54) is 0 Å². The van der Waals surface area contributed by atoms with Gasteiger partial charge in [0.05, 0.1) is 5.56 Å². The molecule has 0 aliphatic carbocycles. The number of aliphatic carboxylic acids is 1. The van der Waals surface area contributed by atoms with Gasteiger partial charge in [0, 0.05) is 11.8 Å². The van der Waals surface area contributed by atoms with Gasteiger partial charge in [-0.25, -0.2) is 4.98 Å². The lowest BCUT2D eigenvalue weighted by Crippen LogP contribution is -2.36. The smallest absolute Gasteiger partial charge is 0.417 e. The van der Waals surface area contributed by atoms with Gasteiger partial charge in [-0.3, -0.25) is 4.79 Å². The standard InChI is InChI=1S/C9H8ClF3N2O3/c10-7-4(6(16)5(14)8(17)18)1-3(2-15-7)9(11,12)13/h1-2,5-6,16H,14H2,(H,17,18). The van der Waals surface area contributed by atoms with Crippen LogP contribution in [0, 0.1) is 0 Å². The van der Waals surface area contributed by atoms with Crippen molar-refractivity contribution in [1.29, 1.82) is 0 Å². The van der Waals surface area contributed by atoms with E-state index in [4.69, 9.17) is 22.4 Å². The zero-order valence-electron chi connectivity index (χ0n) is 8.65. The molecular formula is C9H8ClF3N2O3. The van der Waals surface area contributed by atoms with Crippen molar-refractivity contribution in [3.05, 3.63) is 28.5 Å². The van der Waals surface area contributed by atoms with Gasteiger partial charge in [0.1, 0.15) is 17.3 Å². The quantitative estimate of drug-likeness (QED) is 0.725. The maximum absolute atomic E-state index is 12.4. The Hall–Kier alpha value is -1.38. The first kappa shape index (κ1) is 14.7. The minimum atomic E-state index is -4.68. The normalized spacial score (nSPS) is 15.2. The van der Waals surface area contributed by atoms with Crippen molar-refractivity contribution in [2.24, 2.45) is 5.73 Å². The van der Waals surface area contributed by atoms with E-state index >= 15 is 0 Å². The lowest BCUT2D eigenvalue weighted by atomic mass is 10.0. The van der Waals surface area contributed by atoms with E-state index in [1.54, 1.807) is 0 Å². The third-order valence-corrected chi connectivity index (χ3v) is 2.45. The summed E-state index contributed by atoms with van der Waals surface area (Å²) in [5.41, 5.74) is 3.46. The van der Waals surface area contributed by atoms with Crippen molar-refractivity contribution < 1.29 is 28.2 Å². The van der Waals surface area contributed by atoms with Crippen LogP contribution in [-0.2, 0) is 11.0 Å². The van der Waals surface area contributed by atoms with Crippen LogP contribution >= 0.6 is 11.6 Å². The van der Waals surface area contributed by atoms with E-state index < -0.39 is 40.6 Å². The predicted octanol–water partition coefficient (Wildman–Crippen LogP) is 1.20. The number of pyridine rings is 1. The summed E-state index contributed by atoms with van der Waals surface area (Å²) in [5.74, 6) is -1.57. The summed E-state index contributed by atoms with van der Waals surface area (Å²) in [7, 11) is 0. The molecule has 5 nitrogen and oxygen atoms in total. The summed E-state index contributed by atoms with van der Waals surface area (Å²) in [4.78, 5) is 13.8. The van der Waals surface area contributed by atoms with Gasteiger partial charge in [-0.2, -0.15) is 13.2 Å². The van der Waals surface area contributed by atoms with E-state index in [0.717, 1.165) is 0 Å². The monoisotopic (exact) mass is 284 g/mol. The second-order valence-electron chi connectivity index (χ2n) is 3.41. The van der Waals surface area contributed by atoms with E-state index in [0.29, 0.717) is 12.3 Å². The Morgan fingerprint density at radius 3 is 2.50 bits per heavy atom. The lowest BCUT2D eigenvalue weighted by molar-refractivity contribution is -0.141.